The Bertz CT molecular complexity index is 5280. The number of hydrogen-bond donors (Lipinski definition) is 0. The highest BCUT2D eigenvalue weighted by Crippen LogP contribution is 2.42. The first-order valence-electron chi connectivity index (χ1n) is 39.7. The van der Waals surface area contributed by atoms with Gasteiger partial charge in [0.15, 0.2) is 0 Å². The van der Waals surface area contributed by atoms with Crippen molar-refractivity contribution < 1.29 is 42.7 Å². The maximum atomic E-state index is 12.8. The van der Waals surface area contributed by atoms with Crippen LogP contribution in [0.5, 0.6) is 34.5 Å². The van der Waals surface area contributed by atoms with Crippen molar-refractivity contribution >= 4 is 73.3 Å². The molecule has 634 valence electrons. The summed E-state index contributed by atoms with van der Waals surface area (Å²) in [5.74, 6) is 5.89. The van der Waals surface area contributed by atoms with Gasteiger partial charge in [0.05, 0.1) is 148 Å². The van der Waals surface area contributed by atoms with E-state index in [1.807, 2.05) is 146 Å². The molecule has 3 fully saturated rings. The van der Waals surface area contributed by atoms with Gasteiger partial charge in [-0.05, 0) is 152 Å². The van der Waals surface area contributed by atoms with Crippen LogP contribution in [0.1, 0.15) is 101 Å². The van der Waals surface area contributed by atoms with Crippen LogP contribution in [-0.2, 0) is 30.6 Å². The number of fused-ring (bicyclic) bond motifs is 3. The summed E-state index contributed by atoms with van der Waals surface area (Å²) in [5, 5.41) is 12.8. The van der Waals surface area contributed by atoms with Crippen molar-refractivity contribution in [1.82, 2.24) is 73.9 Å². The Hall–Kier alpha value is -11.7. The molecule has 2 atom stereocenters. The lowest BCUT2D eigenvalue weighted by atomic mass is 9.90. The minimum atomic E-state index is -0.551. The van der Waals surface area contributed by atoms with Crippen molar-refractivity contribution in [1.29, 1.82) is 0 Å². The Morgan fingerprint density at radius 3 is 1.29 bits per heavy atom. The molecule has 6 aromatic carbocycles. The number of methoxy groups -OCH3 is 7. The summed E-state index contributed by atoms with van der Waals surface area (Å²) in [6.45, 7) is 22.4. The number of piperidine rings is 2. The molecule has 0 saturated carbocycles. The molecule has 3 aliphatic heterocycles. The number of likely N-dealkylation sites (tertiary alicyclic amines) is 3. The van der Waals surface area contributed by atoms with Crippen LogP contribution in [0.25, 0.3) is 66.9 Å². The van der Waals surface area contributed by atoms with E-state index in [2.05, 4.69) is 118 Å². The van der Waals surface area contributed by atoms with E-state index in [-0.39, 0.29) is 28.4 Å². The number of aryl methyl sites for hydroxylation is 3. The van der Waals surface area contributed by atoms with Gasteiger partial charge >= 0.3 is 6.09 Å². The van der Waals surface area contributed by atoms with Gasteiger partial charge in [0.1, 0.15) is 40.1 Å². The van der Waals surface area contributed by atoms with Gasteiger partial charge in [0.25, 0.3) is 0 Å². The average Bonchev–Trinajstić information content (AvgIpc) is 1.53. The summed E-state index contributed by atoms with van der Waals surface area (Å²) in [4.78, 5) is 55.3. The Labute approximate surface area is 702 Å². The van der Waals surface area contributed by atoms with Crippen LogP contribution in [0, 0.1) is 18.8 Å². The molecular weight excluding hydrogens is 1500 g/mol. The number of carbonyl (C=O) groups is 1. The number of carbonyl (C=O) groups excluding carboxylic acids is 1. The molecule has 0 radical (unpaired) electrons. The Morgan fingerprint density at radius 1 is 0.471 bits per heavy atom. The molecule has 6 aromatic heterocycles. The van der Waals surface area contributed by atoms with Gasteiger partial charge in [-0.3, -0.25) is 29.0 Å². The van der Waals surface area contributed by atoms with E-state index in [1.54, 1.807) is 81.1 Å². The van der Waals surface area contributed by atoms with E-state index < -0.39 is 11.2 Å². The number of hydrogen-bond acceptors (Lipinski definition) is 23. The van der Waals surface area contributed by atoms with Crippen LogP contribution in [0.2, 0.25) is 0 Å². The Kier molecular flexibility index (Phi) is 30.3. The lowest BCUT2D eigenvalue weighted by molar-refractivity contribution is -0.0538. The fourth-order valence-corrected chi connectivity index (χ4v) is 15.7. The third-order valence-electron chi connectivity index (χ3n) is 21.7. The van der Waals surface area contributed by atoms with Crippen LogP contribution < -0.4 is 43.1 Å². The van der Waals surface area contributed by atoms with E-state index in [0.29, 0.717) is 44.0 Å². The molecule has 27 nitrogen and oxygen atoms in total. The van der Waals surface area contributed by atoms with Crippen molar-refractivity contribution in [3.63, 3.8) is 0 Å². The highest BCUT2D eigenvalue weighted by atomic mass is 16.6. The standard InChI is InChI=1S/C32H40N6O5.C29H36N6O2.C28H34N6O2.3CH4/c1-31(2,3)43-30(39)37-12-10-32(42-7,11-13-37)21-38(24-14-25(40-5)17-26(15-24)41-6)23-8-9-27-28(16-23)35-29(19-33-27)22-18-34-36(4)20-22;1-20-10-21(2)18-34(17-20)8-9-35(24-11-25(36-4)14-26(12-24)37-5)23-6-7-27-28(13-23)32-29(16-30-27)22-15-31-33(3)19-22;1-20-27(15-23(35-3)16-28(20)36-4)34(13-7-12-33-10-5-6-11-33)22-8-9-24-25(14-22)31-26(18-29-24)21-17-30-32(2)19-21;;;/h8-9,14-20H,10-13,21H2,1-7H3;6-7,11-16,19-21H,8-10,17-18H2,1-5H3;8-9,14-19H,5-7,10-13H2,1-4H3;3*1H4/t;20-,21+;;;;. The molecule has 3 aliphatic rings. The smallest absolute Gasteiger partial charge is 0.410 e. The molecule has 0 bridgehead atoms. The third-order valence-corrected chi connectivity index (χ3v) is 21.7. The van der Waals surface area contributed by atoms with Crippen LogP contribution in [0.4, 0.5) is 38.9 Å². The lowest BCUT2D eigenvalue weighted by Crippen LogP contribution is -2.53. The highest BCUT2D eigenvalue weighted by molar-refractivity contribution is 5.86. The molecule has 119 heavy (non-hydrogen) atoms. The van der Waals surface area contributed by atoms with Crippen LogP contribution in [-0.4, -0.2) is 213 Å². The maximum absolute atomic E-state index is 12.8. The highest BCUT2D eigenvalue weighted by Gasteiger charge is 2.40. The van der Waals surface area contributed by atoms with Crippen LogP contribution in [0.15, 0.2) is 159 Å². The van der Waals surface area contributed by atoms with Crippen molar-refractivity contribution in [2.24, 2.45) is 33.0 Å². The van der Waals surface area contributed by atoms with E-state index in [4.69, 9.17) is 52.8 Å². The number of rotatable bonds is 25. The molecule has 3 saturated heterocycles. The quantitative estimate of drug-likeness (QED) is 0.0516. The molecule has 0 spiro atoms. The van der Waals surface area contributed by atoms with E-state index in [9.17, 15) is 4.79 Å². The predicted molar refractivity (Wildman–Crippen MR) is 476 cm³/mol. The van der Waals surface area contributed by atoms with Gasteiger partial charge in [0, 0.05) is 192 Å². The van der Waals surface area contributed by atoms with E-state index in [0.717, 1.165) is 187 Å². The van der Waals surface area contributed by atoms with Gasteiger partial charge in [-0.1, -0.05) is 36.1 Å². The van der Waals surface area contributed by atoms with E-state index >= 15 is 0 Å². The predicted octanol–water partition coefficient (Wildman–Crippen LogP) is 17.7. The first kappa shape index (κ1) is 89.7. The van der Waals surface area contributed by atoms with Crippen molar-refractivity contribution in [2.45, 2.75) is 114 Å². The van der Waals surface area contributed by atoms with Gasteiger partial charge in [-0.2, -0.15) is 15.3 Å². The topological polar surface area (TPSA) is 241 Å². The summed E-state index contributed by atoms with van der Waals surface area (Å²) >= 11 is 0. The maximum Gasteiger partial charge on any atom is 0.410 e. The zero-order chi connectivity index (χ0) is 81.8. The zero-order valence-corrected chi connectivity index (χ0v) is 69.9. The second kappa shape index (κ2) is 40.2. The lowest BCUT2D eigenvalue weighted by Gasteiger charge is -2.44. The Morgan fingerprint density at radius 2 is 0.891 bits per heavy atom. The molecule has 15 rings (SSSR count). The fraction of sp³-hybridized carbons (Fsp3) is 0.435. The number of amides is 1. The molecule has 12 aromatic rings. The van der Waals surface area contributed by atoms with Crippen molar-refractivity contribution in [3.8, 4) is 68.3 Å². The number of aromatic nitrogens is 12. The summed E-state index contributed by atoms with van der Waals surface area (Å²) in [5.41, 5.74) is 16.1. The molecule has 0 aliphatic carbocycles. The van der Waals surface area contributed by atoms with Gasteiger partial charge in [-0.25, -0.2) is 19.7 Å². The second-order valence-corrected chi connectivity index (χ2v) is 31.5. The minimum absolute atomic E-state index is 0. The van der Waals surface area contributed by atoms with Gasteiger partial charge < -0.3 is 67.3 Å². The van der Waals surface area contributed by atoms with Gasteiger partial charge in [0.2, 0.25) is 0 Å². The van der Waals surface area contributed by atoms with Crippen LogP contribution in [0.3, 0.4) is 0 Å². The summed E-state index contributed by atoms with van der Waals surface area (Å²) in [6, 6.07) is 34.5. The number of anilines is 6. The first-order valence-corrected chi connectivity index (χ1v) is 39.7. The zero-order valence-electron chi connectivity index (χ0n) is 69.9. The first-order chi connectivity index (χ1) is 56.0. The molecule has 1 amide bonds. The molecule has 0 unspecified atom stereocenters. The Balaban J connectivity index is 0.000000186. The van der Waals surface area contributed by atoms with Crippen molar-refractivity contribution in [3.05, 3.63) is 164 Å². The molecule has 9 heterocycles. The minimum Gasteiger partial charge on any atom is -0.497 e. The van der Waals surface area contributed by atoms with E-state index in [1.165, 1.54) is 32.4 Å². The fourth-order valence-electron chi connectivity index (χ4n) is 15.7. The van der Waals surface area contributed by atoms with Crippen molar-refractivity contribution in [2.75, 3.05) is 136 Å². The summed E-state index contributed by atoms with van der Waals surface area (Å²) in [6.07, 6.45) is 22.6. The second-order valence-electron chi connectivity index (χ2n) is 31.5. The van der Waals surface area contributed by atoms with Crippen LogP contribution >= 0.6 is 0 Å². The molecule has 0 N–H and O–H groups in total. The average molecular weight is 1620 g/mol. The normalized spacial score (nSPS) is 15.2. The summed E-state index contributed by atoms with van der Waals surface area (Å²) < 4.78 is 50.9. The number of benzene rings is 6. The third kappa shape index (κ3) is 22.2. The largest absolute Gasteiger partial charge is 0.497 e. The number of nitrogens with zero attached hydrogens (tertiary/aromatic N) is 18. The monoisotopic (exact) mass is 1620 g/mol. The molecular formula is C92H122N18O9. The summed E-state index contributed by atoms with van der Waals surface area (Å²) in [7, 11) is 17.5. The van der Waals surface area contributed by atoms with Gasteiger partial charge in [-0.15, -0.1) is 0 Å². The number of ether oxygens (including phenoxy) is 8. The SMILES string of the molecule is C.C.C.COc1cc(OC)c(C)c(N(CCCN2CCCC2)c2ccc3ncc(-c4cnn(C)c4)nc3c2)c1.COc1cc(OC)cc(N(CC2(OC)CCN(C(=O)OC(C)(C)C)CC2)c2ccc3ncc(-c4cnn(C)c4)nc3c2)c1.COc1cc(OC)cc(N(CCN2C[C@H](C)C[C@H](C)C2)c2ccc3ncc(-c4cnn(C)c4)nc3c2)c1. The molecule has 27 heteroatoms.